The molecule has 0 bridgehead atoms. The number of halogens is 1. The minimum absolute atomic E-state index is 0.241. The molecule has 0 saturated carbocycles. The number of anilines is 1. The Morgan fingerprint density at radius 1 is 1.25 bits per heavy atom. The molecule has 1 aliphatic heterocycles. The first-order chi connectivity index (χ1) is 9.63. The summed E-state index contributed by atoms with van der Waals surface area (Å²) in [5.74, 6) is -1.17. The highest BCUT2D eigenvalue weighted by Gasteiger charge is 2.19. The fourth-order valence-corrected chi connectivity index (χ4v) is 2.61. The number of rotatable bonds is 3. The van der Waals surface area contributed by atoms with Gasteiger partial charge in [0.15, 0.2) is 0 Å². The zero-order valence-electron chi connectivity index (χ0n) is 10.8. The average Bonchev–Trinajstić information content (AvgIpc) is 2.82. The topological polar surface area (TPSA) is 40.5 Å². The maximum atomic E-state index is 13.3. The minimum Gasteiger partial charge on any atom is -0.478 e. The van der Waals surface area contributed by atoms with Crippen LogP contribution in [0.3, 0.4) is 0 Å². The quantitative estimate of drug-likeness (QED) is 0.932. The van der Waals surface area contributed by atoms with E-state index in [0.717, 1.165) is 29.8 Å². The molecule has 0 spiro atoms. The van der Waals surface area contributed by atoms with Crippen molar-refractivity contribution in [1.29, 1.82) is 0 Å². The number of carboxylic acids is 1. The maximum absolute atomic E-state index is 13.3. The van der Waals surface area contributed by atoms with Gasteiger partial charge in [0.25, 0.3) is 0 Å². The van der Waals surface area contributed by atoms with E-state index in [1.54, 1.807) is 24.3 Å². The zero-order chi connectivity index (χ0) is 14.1. The van der Waals surface area contributed by atoms with Crippen molar-refractivity contribution >= 4 is 11.7 Å². The highest BCUT2D eigenvalue weighted by atomic mass is 19.1. The summed E-state index contributed by atoms with van der Waals surface area (Å²) in [5, 5.41) is 9.00. The van der Waals surface area contributed by atoms with Crippen LogP contribution in [0.15, 0.2) is 42.5 Å². The molecule has 0 aliphatic carbocycles. The normalized spacial score (nSPS) is 13.3. The summed E-state index contributed by atoms with van der Waals surface area (Å²) in [4.78, 5) is 13.1. The Labute approximate surface area is 116 Å². The first-order valence-electron chi connectivity index (χ1n) is 6.49. The molecule has 1 heterocycles. The third kappa shape index (κ3) is 2.37. The van der Waals surface area contributed by atoms with Crippen LogP contribution in [0.2, 0.25) is 0 Å². The summed E-state index contributed by atoms with van der Waals surface area (Å²) in [6, 6.07) is 11.7. The number of hydrogen-bond acceptors (Lipinski definition) is 2. The second-order valence-corrected chi connectivity index (χ2v) is 4.95. The van der Waals surface area contributed by atoms with E-state index in [9.17, 15) is 9.18 Å². The van der Waals surface area contributed by atoms with E-state index in [4.69, 9.17) is 5.11 Å². The monoisotopic (exact) mass is 271 g/mol. The maximum Gasteiger partial charge on any atom is 0.335 e. The summed E-state index contributed by atoms with van der Waals surface area (Å²) in [6.45, 7) is 1.42. The predicted molar refractivity (Wildman–Crippen MR) is 74.6 cm³/mol. The highest BCUT2D eigenvalue weighted by molar-refractivity contribution is 5.87. The number of nitrogens with zero attached hydrogens (tertiary/aromatic N) is 1. The molecule has 0 amide bonds. The minimum atomic E-state index is -0.931. The molecule has 0 fully saturated rings. The van der Waals surface area contributed by atoms with Crippen LogP contribution in [0.1, 0.15) is 21.5 Å². The fourth-order valence-electron chi connectivity index (χ4n) is 2.61. The van der Waals surface area contributed by atoms with Gasteiger partial charge < -0.3 is 10.0 Å². The van der Waals surface area contributed by atoms with Gasteiger partial charge >= 0.3 is 5.97 Å². The molecular weight excluding hydrogens is 257 g/mol. The van der Waals surface area contributed by atoms with Gasteiger partial charge in [-0.15, -0.1) is 0 Å². The van der Waals surface area contributed by atoms with Crippen molar-refractivity contribution in [2.24, 2.45) is 0 Å². The molecule has 0 saturated heterocycles. The lowest BCUT2D eigenvalue weighted by molar-refractivity contribution is 0.0696. The lowest BCUT2D eigenvalue weighted by atomic mass is 10.1. The molecule has 20 heavy (non-hydrogen) atoms. The lowest BCUT2D eigenvalue weighted by Gasteiger charge is -2.19. The van der Waals surface area contributed by atoms with Crippen LogP contribution >= 0.6 is 0 Å². The Kier molecular flexibility index (Phi) is 3.14. The van der Waals surface area contributed by atoms with E-state index in [1.807, 2.05) is 12.1 Å². The Morgan fingerprint density at radius 2 is 2.10 bits per heavy atom. The molecule has 0 unspecified atom stereocenters. The Hall–Kier alpha value is -2.36. The SMILES string of the molecule is O=C(O)c1cccc(CN2CCc3ccc(F)cc32)c1. The third-order valence-corrected chi connectivity index (χ3v) is 3.59. The van der Waals surface area contributed by atoms with Crippen molar-refractivity contribution < 1.29 is 14.3 Å². The van der Waals surface area contributed by atoms with Crippen LogP contribution in [-0.4, -0.2) is 17.6 Å². The number of carbonyl (C=O) groups is 1. The second-order valence-electron chi connectivity index (χ2n) is 4.95. The highest BCUT2D eigenvalue weighted by Crippen LogP contribution is 2.30. The van der Waals surface area contributed by atoms with E-state index in [0.29, 0.717) is 6.54 Å². The molecule has 2 aromatic rings. The van der Waals surface area contributed by atoms with Gasteiger partial charge in [0.05, 0.1) is 5.56 Å². The second kappa shape index (κ2) is 4.96. The van der Waals surface area contributed by atoms with Crippen LogP contribution < -0.4 is 4.90 Å². The van der Waals surface area contributed by atoms with E-state index in [1.165, 1.54) is 6.07 Å². The van der Waals surface area contributed by atoms with Gasteiger partial charge in [0.2, 0.25) is 0 Å². The van der Waals surface area contributed by atoms with Gasteiger partial charge in [-0.2, -0.15) is 0 Å². The standard InChI is InChI=1S/C16H14FNO2/c17-14-5-4-12-6-7-18(15(12)9-14)10-11-2-1-3-13(8-11)16(19)20/h1-5,8-9H,6-7,10H2,(H,19,20). The van der Waals surface area contributed by atoms with Crippen LogP contribution in [0.5, 0.6) is 0 Å². The molecule has 0 radical (unpaired) electrons. The van der Waals surface area contributed by atoms with E-state index in [-0.39, 0.29) is 11.4 Å². The molecule has 4 heteroatoms. The summed E-state index contributed by atoms with van der Waals surface area (Å²) in [6.07, 6.45) is 0.897. The number of fused-ring (bicyclic) bond motifs is 1. The molecule has 1 aliphatic rings. The molecule has 3 nitrogen and oxygen atoms in total. The Balaban J connectivity index is 1.85. The van der Waals surface area contributed by atoms with Crippen molar-refractivity contribution in [1.82, 2.24) is 0 Å². The molecular formula is C16H14FNO2. The molecule has 0 atom stereocenters. The Morgan fingerprint density at radius 3 is 2.90 bits per heavy atom. The number of carboxylic acid groups (broad SMARTS) is 1. The smallest absolute Gasteiger partial charge is 0.335 e. The van der Waals surface area contributed by atoms with E-state index >= 15 is 0 Å². The predicted octanol–water partition coefficient (Wildman–Crippen LogP) is 3.09. The summed E-state index contributed by atoms with van der Waals surface area (Å²) >= 11 is 0. The lowest BCUT2D eigenvalue weighted by Crippen LogP contribution is -2.19. The number of benzene rings is 2. The Bertz CT molecular complexity index is 669. The number of aromatic carboxylic acids is 1. The fraction of sp³-hybridized carbons (Fsp3) is 0.188. The van der Waals surface area contributed by atoms with Crippen LogP contribution in [0.4, 0.5) is 10.1 Å². The van der Waals surface area contributed by atoms with Crippen LogP contribution in [0, 0.1) is 5.82 Å². The van der Waals surface area contributed by atoms with Gasteiger partial charge in [-0.1, -0.05) is 18.2 Å². The van der Waals surface area contributed by atoms with Crippen LogP contribution in [0.25, 0.3) is 0 Å². The van der Waals surface area contributed by atoms with E-state index < -0.39 is 5.97 Å². The van der Waals surface area contributed by atoms with Crippen molar-refractivity contribution in [2.45, 2.75) is 13.0 Å². The summed E-state index contributed by atoms with van der Waals surface area (Å²) < 4.78 is 13.3. The van der Waals surface area contributed by atoms with Crippen molar-refractivity contribution in [2.75, 3.05) is 11.4 Å². The average molecular weight is 271 g/mol. The van der Waals surface area contributed by atoms with E-state index in [2.05, 4.69) is 4.90 Å². The summed E-state index contributed by atoms with van der Waals surface area (Å²) in [5.41, 5.74) is 3.25. The third-order valence-electron chi connectivity index (χ3n) is 3.59. The van der Waals surface area contributed by atoms with Gasteiger partial charge in [0, 0.05) is 18.8 Å². The van der Waals surface area contributed by atoms with Gasteiger partial charge in [-0.25, -0.2) is 9.18 Å². The van der Waals surface area contributed by atoms with Gasteiger partial charge in [-0.05, 0) is 41.8 Å². The van der Waals surface area contributed by atoms with Crippen LogP contribution in [-0.2, 0) is 13.0 Å². The molecule has 2 aromatic carbocycles. The molecule has 102 valence electrons. The zero-order valence-corrected chi connectivity index (χ0v) is 10.8. The summed E-state index contributed by atoms with van der Waals surface area (Å²) in [7, 11) is 0. The molecule has 1 N–H and O–H groups in total. The first kappa shape index (κ1) is 12.7. The largest absolute Gasteiger partial charge is 0.478 e. The number of hydrogen-bond donors (Lipinski definition) is 1. The van der Waals surface area contributed by atoms with Gasteiger partial charge in [-0.3, -0.25) is 0 Å². The van der Waals surface area contributed by atoms with Gasteiger partial charge in [0.1, 0.15) is 5.82 Å². The van der Waals surface area contributed by atoms with Crippen molar-refractivity contribution in [3.05, 3.63) is 65.0 Å². The van der Waals surface area contributed by atoms with Crippen molar-refractivity contribution in [3.8, 4) is 0 Å². The molecule has 0 aromatic heterocycles. The van der Waals surface area contributed by atoms with Crippen molar-refractivity contribution in [3.63, 3.8) is 0 Å². The first-order valence-corrected chi connectivity index (χ1v) is 6.49. The molecule has 3 rings (SSSR count).